The summed E-state index contributed by atoms with van der Waals surface area (Å²) in [6, 6.07) is 2.00. The quantitative estimate of drug-likeness (QED) is 0.770. The van der Waals surface area contributed by atoms with E-state index in [2.05, 4.69) is 10.3 Å². The monoisotopic (exact) mass is 244 g/mol. The van der Waals surface area contributed by atoms with Gasteiger partial charge in [0.25, 0.3) is 0 Å². The molecular weight excluding hydrogens is 233 g/mol. The first-order valence-corrected chi connectivity index (χ1v) is 5.07. The number of carbonyl (C=O) groups is 1. The van der Waals surface area contributed by atoms with Crippen LogP contribution in [0.1, 0.15) is 31.1 Å². The molecule has 0 aromatic carbocycles. The van der Waals surface area contributed by atoms with Crippen LogP contribution in [0, 0.1) is 5.41 Å². The molecule has 0 spiro atoms. The van der Waals surface area contributed by atoms with Crippen molar-refractivity contribution in [2.75, 3.05) is 0 Å². The highest BCUT2D eigenvalue weighted by atomic mass is 19.4. The third-order valence-electron chi connectivity index (χ3n) is 2.99. The number of hydrogen-bond donors (Lipinski definition) is 1. The van der Waals surface area contributed by atoms with E-state index >= 15 is 0 Å². The number of nitrogens with one attached hydrogen (secondary N) is 1. The van der Waals surface area contributed by atoms with Gasteiger partial charge in [0.15, 0.2) is 0 Å². The van der Waals surface area contributed by atoms with E-state index in [0.717, 1.165) is 12.3 Å². The van der Waals surface area contributed by atoms with E-state index < -0.39 is 17.3 Å². The maximum atomic E-state index is 12.3. The molecule has 0 radical (unpaired) electrons. The minimum atomic E-state index is -4.43. The Morgan fingerprint density at radius 1 is 1.35 bits per heavy atom. The number of aromatic nitrogens is 1. The molecule has 1 saturated heterocycles. The van der Waals surface area contributed by atoms with Gasteiger partial charge < -0.3 is 5.32 Å². The molecule has 1 aromatic rings. The molecule has 1 fully saturated rings. The lowest BCUT2D eigenvalue weighted by Crippen LogP contribution is -2.57. The average molecular weight is 244 g/mol. The summed E-state index contributed by atoms with van der Waals surface area (Å²) in [5.41, 5.74) is -0.936. The Bertz CT molecular complexity index is 451. The Balaban J connectivity index is 2.23. The number of β-lactam (4-membered cyclic amide) rings is 1. The second kappa shape index (κ2) is 3.45. The van der Waals surface area contributed by atoms with Crippen LogP contribution < -0.4 is 5.32 Å². The number of pyridine rings is 1. The first-order valence-electron chi connectivity index (χ1n) is 5.07. The van der Waals surface area contributed by atoms with Crippen molar-refractivity contribution < 1.29 is 18.0 Å². The van der Waals surface area contributed by atoms with Crippen molar-refractivity contribution >= 4 is 5.91 Å². The van der Waals surface area contributed by atoms with Gasteiger partial charge in [0.05, 0.1) is 11.5 Å². The minimum absolute atomic E-state index is 0.109. The lowest BCUT2D eigenvalue weighted by atomic mass is 9.73. The molecule has 1 N–H and O–H groups in total. The number of amides is 1. The maximum absolute atomic E-state index is 12.3. The molecule has 2 heterocycles. The molecule has 92 valence electrons. The summed E-state index contributed by atoms with van der Waals surface area (Å²) in [6.45, 7) is 3.49. The number of rotatable bonds is 1. The van der Waals surface area contributed by atoms with E-state index in [0.29, 0.717) is 5.56 Å². The van der Waals surface area contributed by atoms with Gasteiger partial charge in [-0.3, -0.25) is 9.78 Å². The van der Waals surface area contributed by atoms with Gasteiger partial charge >= 0.3 is 6.18 Å². The van der Waals surface area contributed by atoms with Crippen molar-refractivity contribution in [2.45, 2.75) is 26.1 Å². The van der Waals surface area contributed by atoms with Crippen LogP contribution in [0.3, 0.4) is 0 Å². The van der Waals surface area contributed by atoms with Crippen molar-refractivity contribution in [3.05, 3.63) is 29.6 Å². The highest BCUT2D eigenvalue weighted by Crippen LogP contribution is 2.41. The fraction of sp³-hybridized carbons (Fsp3) is 0.455. The SMILES string of the molecule is CC1(C)C(=O)NC1c1ccc(C(F)(F)F)nc1. The molecule has 1 amide bonds. The lowest BCUT2D eigenvalue weighted by molar-refractivity contribution is -0.144. The fourth-order valence-electron chi connectivity index (χ4n) is 1.79. The zero-order valence-electron chi connectivity index (χ0n) is 9.30. The normalized spacial score (nSPS) is 22.9. The number of hydrogen-bond acceptors (Lipinski definition) is 2. The zero-order chi connectivity index (χ0) is 12.8. The third-order valence-corrected chi connectivity index (χ3v) is 2.99. The Labute approximate surface area is 96.0 Å². The molecule has 1 aliphatic heterocycles. The van der Waals surface area contributed by atoms with E-state index in [1.165, 1.54) is 6.07 Å². The molecule has 0 aliphatic carbocycles. The summed E-state index contributed by atoms with van der Waals surface area (Å²) in [5.74, 6) is -0.109. The molecule has 1 aromatic heterocycles. The highest BCUT2D eigenvalue weighted by molar-refractivity contribution is 5.89. The molecule has 0 bridgehead atoms. The Morgan fingerprint density at radius 3 is 2.35 bits per heavy atom. The summed E-state index contributed by atoms with van der Waals surface area (Å²) >= 11 is 0. The number of carbonyl (C=O) groups excluding carboxylic acids is 1. The van der Waals surface area contributed by atoms with Gasteiger partial charge in [-0.2, -0.15) is 13.2 Å². The predicted octanol–water partition coefficient (Wildman–Crippen LogP) is 2.30. The van der Waals surface area contributed by atoms with Crippen molar-refractivity contribution in [3.8, 4) is 0 Å². The zero-order valence-corrected chi connectivity index (χ0v) is 9.30. The summed E-state index contributed by atoms with van der Waals surface area (Å²) in [5, 5.41) is 2.65. The molecule has 1 atom stereocenters. The van der Waals surface area contributed by atoms with Gasteiger partial charge in [0, 0.05) is 6.20 Å². The largest absolute Gasteiger partial charge is 0.433 e. The van der Waals surface area contributed by atoms with Gasteiger partial charge in [0.1, 0.15) is 5.69 Å². The van der Waals surface area contributed by atoms with E-state index in [1.54, 1.807) is 13.8 Å². The molecule has 1 aliphatic rings. The fourth-order valence-corrected chi connectivity index (χ4v) is 1.79. The summed E-state index contributed by atoms with van der Waals surface area (Å²) < 4.78 is 36.9. The molecule has 0 saturated carbocycles. The van der Waals surface area contributed by atoms with Crippen LogP contribution in [0.15, 0.2) is 18.3 Å². The number of halogens is 3. The number of nitrogens with zero attached hydrogens (tertiary/aromatic N) is 1. The summed E-state index contributed by atoms with van der Waals surface area (Å²) in [6.07, 6.45) is -3.27. The highest BCUT2D eigenvalue weighted by Gasteiger charge is 2.48. The first-order chi connectivity index (χ1) is 7.73. The van der Waals surface area contributed by atoms with E-state index in [9.17, 15) is 18.0 Å². The van der Waals surface area contributed by atoms with Crippen LogP contribution in [-0.2, 0) is 11.0 Å². The molecule has 2 rings (SSSR count). The molecule has 1 unspecified atom stereocenters. The second-order valence-electron chi connectivity index (χ2n) is 4.60. The van der Waals surface area contributed by atoms with Crippen molar-refractivity contribution in [2.24, 2.45) is 5.41 Å². The van der Waals surface area contributed by atoms with Gasteiger partial charge in [-0.05, 0) is 25.5 Å². The molecule has 3 nitrogen and oxygen atoms in total. The van der Waals surface area contributed by atoms with Crippen LogP contribution in [0.2, 0.25) is 0 Å². The summed E-state index contributed by atoms with van der Waals surface area (Å²) in [7, 11) is 0. The van der Waals surface area contributed by atoms with Crippen molar-refractivity contribution in [3.63, 3.8) is 0 Å². The number of alkyl halides is 3. The van der Waals surface area contributed by atoms with Crippen LogP contribution in [0.5, 0.6) is 0 Å². The van der Waals surface area contributed by atoms with Crippen LogP contribution in [0.25, 0.3) is 0 Å². The molecular formula is C11H11F3N2O. The molecule has 6 heteroatoms. The Kier molecular flexibility index (Phi) is 2.41. The van der Waals surface area contributed by atoms with Gasteiger partial charge in [-0.15, -0.1) is 0 Å². The maximum Gasteiger partial charge on any atom is 0.433 e. The lowest BCUT2D eigenvalue weighted by Gasteiger charge is -2.43. The predicted molar refractivity (Wildman–Crippen MR) is 53.9 cm³/mol. The smallest absolute Gasteiger partial charge is 0.348 e. The van der Waals surface area contributed by atoms with Gasteiger partial charge in [-0.1, -0.05) is 6.07 Å². The standard InChI is InChI=1S/C11H11F3N2O/c1-10(2)8(16-9(10)17)6-3-4-7(15-5-6)11(12,13)14/h3-5,8H,1-2H3,(H,16,17). The average Bonchev–Trinajstić information content (AvgIpc) is 2.25. The Morgan fingerprint density at radius 2 is 2.00 bits per heavy atom. The van der Waals surface area contributed by atoms with Crippen molar-refractivity contribution in [1.29, 1.82) is 0 Å². The van der Waals surface area contributed by atoms with Crippen LogP contribution in [-0.4, -0.2) is 10.9 Å². The van der Waals surface area contributed by atoms with E-state index in [-0.39, 0.29) is 11.9 Å². The molecule has 17 heavy (non-hydrogen) atoms. The van der Waals surface area contributed by atoms with Crippen LogP contribution >= 0.6 is 0 Å². The van der Waals surface area contributed by atoms with E-state index in [1.807, 2.05) is 0 Å². The van der Waals surface area contributed by atoms with Crippen molar-refractivity contribution in [1.82, 2.24) is 10.3 Å². The van der Waals surface area contributed by atoms with E-state index in [4.69, 9.17) is 0 Å². The topological polar surface area (TPSA) is 42.0 Å². The van der Waals surface area contributed by atoms with Gasteiger partial charge in [0.2, 0.25) is 5.91 Å². The minimum Gasteiger partial charge on any atom is -0.348 e. The first kappa shape index (κ1) is 11.9. The second-order valence-corrected chi connectivity index (χ2v) is 4.60. The third kappa shape index (κ3) is 1.87. The van der Waals surface area contributed by atoms with Gasteiger partial charge in [-0.25, -0.2) is 0 Å². The van der Waals surface area contributed by atoms with Crippen LogP contribution in [0.4, 0.5) is 13.2 Å². The Hall–Kier alpha value is -1.59. The summed E-state index contributed by atoms with van der Waals surface area (Å²) in [4.78, 5) is 14.6.